The number of rotatable bonds is 9. The molecule has 3 saturated heterocycles. The number of fused-ring (bicyclic) bond motifs is 1. The molecule has 0 amide bonds. The molecule has 0 spiro atoms. The van der Waals surface area contributed by atoms with Crippen molar-refractivity contribution < 1.29 is 9.47 Å². The number of pyridine rings is 1. The van der Waals surface area contributed by atoms with E-state index in [0.717, 1.165) is 95.0 Å². The maximum Gasteiger partial charge on any atom is 0.164 e. The number of benzene rings is 1. The van der Waals surface area contributed by atoms with Crippen LogP contribution in [0.1, 0.15) is 51.6 Å². The van der Waals surface area contributed by atoms with Crippen LogP contribution >= 0.6 is 35.4 Å². The molecule has 232 valence electrons. The van der Waals surface area contributed by atoms with Crippen molar-refractivity contribution in [3.05, 3.63) is 30.1 Å². The van der Waals surface area contributed by atoms with Crippen molar-refractivity contribution in [1.29, 1.82) is 0 Å². The Morgan fingerprint density at radius 3 is 2.53 bits per heavy atom. The van der Waals surface area contributed by atoms with E-state index in [4.69, 9.17) is 19.4 Å². The van der Waals surface area contributed by atoms with Crippen LogP contribution in [0.15, 0.2) is 24.4 Å². The lowest BCUT2D eigenvalue weighted by molar-refractivity contribution is 0.0903. The highest BCUT2D eigenvalue weighted by Gasteiger charge is 2.33. The third-order valence-electron chi connectivity index (χ3n) is 9.49. The van der Waals surface area contributed by atoms with Gasteiger partial charge in [0.1, 0.15) is 22.6 Å². The van der Waals surface area contributed by atoms with Gasteiger partial charge in [-0.05, 0) is 68.7 Å². The number of piperidine rings is 1. The zero-order chi connectivity index (χ0) is 29.9. The predicted molar refractivity (Wildman–Crippen MR) is 187 cm³/mol. The molecule has 0 saturated carbocycles. The summed E-state index contributed by atoms with van der Waals surface area (Å²) in [5.74, 6) is 3.15. The van der Waals surface area contributed by atoms with Crippen LogP contribution in [0, 0.1) is 5.92 Å². The van der Waals surface area contributed by atoms with E-state index in [1.807, 2.05) is 6.20 Å². The first-order valence-electron chi connectivity index (χ1n) is 15.7. The lowest BCUT2D eigenvalue weighted by Crippen LogP contribution is -2.44. The SMILES string of the molecule is CCc1nc2c(NS)ncc(-c3ccc(N4CCC(N5CC[C@@H](C(C)I)C5)CC4)c(OC)c3)c2nc1NC1CCOCC1. The number of thiol groups is 1. The number of nitrogens with zero attached hydrogens (tertiary/aromatic N) is 5. The molecule has 43 heavy (non-hydrogen) atoms. The standard InChI is InChI=1S/C32H44IN7O2S/c1-4-26-31(35-23-10-15-42-16-11-23)37-29-25(18-34-32(38-43)30(29)36-26)21-5-6-27(28(17-21)41-3)39-13-8-24(9-14-39)40-12-7-22(19-40)20(2)33/h5-6,17-18,20,22-24,43H,4,7-16,19H2,1-3H3,(H,34,38)(H,35,37)/t20?,22-/m1/s1. The molecular weight excluding hydrogens is 673 g/mol. The molecule has 3 aliphatic rings. The number of anilines is 3. The Morgan fingerprint density at radius 1 is 1.07 bits per heavy atom. The van der Waals surface area contributed by atoms with E-state index in [-0.39, 0.29) is 0 Å². The Bertz CT molecular complexity index is 1410. The predicted octanol–water partition coefficient (Wildman–Crippen LogP) is 6.22. The van der Waals surface area contributed by atoms with Crippen molar-refractivity contribution >= 4 is 63.8 Å². The number of methoxy groups -OCH3 is 1. The first kappa shape index (κ1) is 30.9. The Balaban J connectivity index is 1.26. The zero-order valence-electron chi connectivity index (χ0n) is 25.5. The fraction of sp³-hybridized carbons (Fsp3) is 0.594. The normalized spacial score (nSPS) is 21.3. The van der Waals surface area contributed by atoms with Crippen LogP contribution in [0.3, 0.4) is 0 Å². The van der Waals surface area contributed by atoms with E-state index < -0.39 is 0 Å². The summed E-state index contributed by atoms with van der Waals surface area (Å²) >= 11 is 6.92. The van der Waals surface area contributed by atoms with Crippen LogP contribution in [0.4, 0.5) is 17.3 Å². The molecule has 9 nitrogen and oxygen atoms in total. The number of hydrogen-bond donors (Lipinski definition) is 3. The van der Waals surface area contributed by atoms with E-state index in [1.54, 1.807) is 7.11 Å². The van der Waals surface area contributed by atoms with Gasteiger partial charge in [0.15, 0.2) is 5.82 Å². The van der Waals surface area contributed by atoms with Gasteiger partial charge >= 0.3 is 0 Å². The van der Waals surface area contributed by atoms with Gasteiger partial charge < -0.3 is 24.4 Å². The van der Waals surface area contributed by atoms with E-state index in [2.05, 4.69) is 92.3 Å². The van der Waals surface area contributed by atoms with Gasteiger partial charge in [-0.3, -0.25) is 4.90 Å². The molecular formula is C32H44IN7O2S. The molecule has 0 bridgehead atoms. The third kappa shape index (κ3) is 6.64. The Kier molecular flexibility index (Phi) is 10.0. The van der Waals surface area contributed by atoms with Crippen LogP contribution in [0.5, 0.6) is 5.75 Å². The third-order valence-corrected chi connectivity index (χ3v) is 10.7. The van der Waals surface area contributed by atoms with Crippen molar-refractivity contribution in [2.24, 2.45) is 5.92 Å². The molecule has 11 heteroatoms. The topological polar surface area (TPSA) is 87.7 Å². The number of nitrogens with one attached hydrogen (secondary N) is 2. The van der Waals surface area contributed by atoms with Gasteiger partial charge in [0, 0.05) is 60.6 Å². The van der Waals surface area contributed by atoms with Gasteiger partial charge in [0.2, 0.25) is 0 Å². The highest BCUT2D eigenvalue weighted by molar-refractivity contribution is 14.1. The van der Waals surface area contributed by atoms with E-state index in [1.165, 1.54) is 32.4 Å². The number of hydrogen-bond acceptors (Lipinski definition) is 10. The summed E-state index contributed by atoms with van der Waals surface area (Å²) in [6.45, 7) is 10.6. The van der Waals surface area contributed by atoms with Crippen LogP contribution in [0.25, 0.3) is 22.2 Å². The average molecular weight is 718 g/mol. The van der Waals surface area contributed by atoms with Gasteiger partial charge in [-0.2, -0.15) is 0 Å². The quantitative estimate of drug-likeness (QED) is 0.136. The summed E-state index contributed by atoms with van der Waals surface area (Å²) in [5.41, 5.74) is 5.51. The highest BCUT2D eigenvalue weighted by atomic mass is 127. The Labute approximate surface area is 274 Å². The lowest BCUT2D eigenvalue weighted by atomic mass is 10.0. The average Bonchev–Trinajstić information content (AvgIpc) is 3.55. The number of likely N-dealkylation sites (tertiary alicyclic amines) is 1. The minimum absolute atomic E-state index is 0.323. The summed E-state index contributed by atoms with van der Waals surface area (Å²) < 4.78 is 15.2. The monoisotopic (exact) mass is 717 g/mol. The molecule has 3 aromatic rings. The molecule has 2 N–H and O–H groups in total. The first-order valence-corrected chi connectivity index (χ1v) is 17.4. The molecule has 3 aliphatic heterocycles. The lowest BCUT2D eigenvalue weighted by Gasteiger charge is -2.38. The molecule has 6 rings (SSSR count). The minimum Gasteiger partial charge on any atom is -0.495 e. The molecule has 2 aromatic heterocycles. The molecule has 0 radical (unpaired) electrons. The maximum atomic E-state index is 5.99. The van der Waals surface area contributed by atoms with E-state index in [9.17, 15) is 0 Å². The molecule has 0 aliphatic carbocycles. The molecule has 1 unspecified atom stereocenters. The van der Waals surface area contributed by atoms with Crippen molar-refractivity contribution in [3.63, 3.8) is 0 Å². The number of aryl methyl sites for hydroxylation is 1. The van der Waals surface area contributed by atoms with Gasteiger partial charge in [0.05, 0.1) is 18.5 Å². The zero-order valence-corrected chi connectivity index (χ0v) is 28.5. The Morgan fingerprint density at radius 2 is 1.86 bits per heavy atom. The summed E-state index contributed by atoms with van der Waals surface area (Å²) in [6, 6.07) is 7.50. The fourth-order valence-corrected chi connectivity index (χ4v) is 7.62. The number of aromatic nitrogens is 3. The highest BCUT2D eigenvalue weighted by Crippen LogP contribution is 2.39. The van der Waals surface area contributed by atoms with E-state index in [0.29, 0.717) is 23.4 Å². The summed E-state index contributed by atoms with van der Waals surface area (Å²) in [6.07, 6.45) is 8.27. The molecule has 5 heterocycles. The number of ether oxygens (including phenoxy) is 2. The van der Waals surface area contributed by atoms with Crippen LogP contribution in [0.2, 0.25) is 0 Å². The second kappa shape index (κ2) is 13.9. The molecule has 2 atom stereocenters. The van der Waals surface area contributed by atoms with Gasteiger partial charge in [-0.15, -0.1) is 0 Å². The van der Waals surface area contributed by atoms with Crippen LogP contribution in [-0.2, 0) is 11.2 Å². The minimum atomic E-state index is 0.323. The van der Waals surface area contributed by atoms with Crippen molar-refractivity contribution in [2.75, 3.05) is 61.4 Å². The van der Waals surface area contributed by atoms with Crippen molar-refractivity contribution in [2.45, 2.75) is 68.4 Å². The largest absolute Gasteiger partial charge is 0.495 e. The van der Waals surface area contributed by atoms with E-state index >= 15 is 0 Å². The number of alkyl halides is 1. The van der Waals surface area contributed by atoms with Crippen LogP contribution < -0.4 is 19.7 Å². The fourth-order valence-electron chi connectivity index (χ4n) is 6.87. The smallest absolute Gasteiger partial charge is 0.164 e. The summed E-state index contributed by atoms with van der Waals surface area (Å²) in [5, 5.41) is 3.67. The maximum absolute atomic E-state index is 5.99. The Hall–Kier alpha value is -2.09. The first-order chi connectivity index (χ1) is 21.0. The molecule has 1 aromatic carbocycles. The second-order valence-electron chi connectivity index (χ2n) is 12.1. The van der Waals surface area contributed by atoms with Crippen molar-refractivity contribution in [3.8, 4) is 16.9 Å². The number of halogens is 1. The summed E-state index contributed by atoms with van der Waals surface area (Å²) in [7, 11) is 1.76. The van der Waals surface area contributed by atoms with Crippen molar-refractivity contribution in [1.82, 2.24) is 19.9 Å². The van der Waals surface area contributed by atoms with Crippen LogP contribution in [-0.4, -0.2) is 82.4 Å². The van der Waals surface area contributed by atoms with Gasteiger partial charge in [-0.25, -0.2) is 15.0 Å². The second-order valence-corrected chi connectivity index (χ2v) is 14.2. The van der Waals surface area contributed by atoms with Gasteiger partial charge in [-0.1, -0.05) is 55.3 Å². The molecule has 3 fully saturated rings. The van der Waals surface area contributed by atoms with Gasteiger partial charge in [0.25, 0.3) is 0 Å². The summed E-state index contributed by atoms with van der Waals surface area (Å²) in [4.78, 5) is 20.1.